The molecule has 2 aromatic carbocycles. The zero-order chi connectivity index (χ0) is 15.8. The van der Waals surface area contributed by atoms with Crippen molar-refractivity contribution >= 4 is 23.5 Å². The molecule has 1 aliphatic heterocycles. The van der Waals surface area contributed by atoms with Crippen molar-refractivity contribution in [3.8, 4) is 0 Å². The van der Waals surface area contributed by atoms with Gasteiger partial charge in [-0.1, -0.05) is 60.1 Å². The van der Waals surface area contributed by atoms with E-state index in [1.54, 1.807) is 0 Å². The van der Waals surface area contributed by atoms with E-state index in [1.165, 1.54) is 5.56 Å². The molecule has 0 unspecified atom stereocenters. The van der Waals surface area contributed by atoms with Gasteiger partial charge in [-0.15, -0.1) is 5.10 Å². The van der Waals surface area contributed by atoms with Crippen LogP contribution < -0.4 is 11.1 Å². The Hall–Kier alpha value is -2.53. The molecule has 3 N–H and O–H groups in total. The molecule has 0 bridgehead atoms. The van der Waals surface area contributed by atoms with E-state index in [0.717, 1.165) is 17.0 Å². The zero-order valence-corrected chi connectivity index (χ0v) is 13.1. The Bertz CT molecular complexity index is 830. The quantitative estimate of drug-likeness (QED) is 0.754. The molecule has 0 radical (unpaired) electrons. The monoisotopic (exact) mass is 325 g/mol. The number of rotatable bonds is 2. The predicted octanol–water partition coefficient (Wildman–Crippen LogP) is 3.66. The van der Waals surface area contributed by atoms with Gasteiger partial charge in [0.2, 0.25) is 11.9 Å². The molecule has 0 fully saturated rings. The van der Waals surface area contributed by atoms with Gasteiger partial charge in [-0.2, -0.15) is 4.98 Å². The van der Waals surface area contributed by atoms with Crippen molar-refractivity contribution in [2.75, 3.05) is 11.1 Å². The highest BCUT2D eigenvalue weighted by Gasteiger charge is 2.31. The number of nitrogens with two attached hydrogens (primary N) is 1. The normalized spacial score (nSPS) is 19.9. The molecule has 0 saturated heterocycles. The highest BCUT2D eigenvalue weighted by Crippen LogP contribution is 2.39. The molecule has 2 heterocycles. The number of benzene rings is 2. The minimum Gasteiger partial charge on any atom is -0.366 e. The second-order valence-corrected chi connectivity index (χ2v) is 6.03. The van der Waals surface area contributed by atoms with E-state index in [1.807, 2.05) is 47.1 Å². The standard InChI is InChI=1S/C17H16ClN5/c18-13-9-5-4-8-12(13)15-10-14(11-6-2-1-3-7-11)20-17-21-16(19)22-23(15)17/h1-9,14-15H,10H2,(H3,19,20,21,22)/t14-,15+/m0/s1. The van der Waals surface area contributed by atoms with Crippen LogP contribution in [0.1, 0.15) is 29.6 Å². The molecular weight excluding hydrogens is 310 g/mol. The van der Waals surface area contributed by atoms with Crippen LogP contribution in [0, 0.1) is 0 Å². The Balaban J connectivity index is 1.80. The van der Waals surface area contributed by atoms with E-state index < -0.39 is 0 Å². The lowest BCUT2D eigenvalue weighted by Gasteiger charge is -2.32. The van der Waals surface area contributed by atoms with Gasteiger partial charge < -0.3 is 11.1 Å². The van der Waals surface area contributed by atoms with Crippen molar-refractivity contribution in [1.29, 1.82) is 0 Å². The van der Waals surface area contributed by atoms with Gasteiger partial charge in [-0.05, 0) is 23.6 Å². The lowest BCUT2D eigenvalue weighted by Crippen LogP contribution is -2.28. The maximum Gasteiger partial charge on any atom is 0.241 e. The van der Waals surface area contributed by atoms with Crippen molar-refractivity contribution in [1.82, 2.24) is 14.8 Å². The van der Waals surface area contributed by atoms with Crippen molar-refractivity contribution in [2.24, 2.45) is 0 Å². The van der Waals surface area contributed by atoms with Crippen molar-refractivity contribution in [3.05, 3.63) is 70.7 Å². The Morgan fingerprint density at radius 2 is 1.83 bits per heavy atom. The van der Waals surface area contributed by atoms with Gasteiger partial charge in [0.15, 0.2) is 0 Å². The number of aromatic nitrogens is 3. The number of hydrogen-bond donors (Lipinski definition) is 2. The van der Waals surface area contributed by atoms with Crippen molar-refractivity contribution in [3.63, 3.8) is 0 Å². The van der Waals surface area contributed by atoms with Crippen LogP contribution in [-0.2, 0) is 0 Å². The maximum absolute atomic E-state index is 6.41. The molecule has 3 aromatic rings. The molecule has 23 heavy (non-hydrogen) atoms. The van der Waals surface area contributed by atoms with E-state index in [-0.39, 0.29) is 18.0 Å². The topological polar surface area (TPSA) is 68.8 Å². The molecule has 0 spiro atoms. The number of halogens is 1. The minimum atomic E-state index is -0.00467. The minimum absolute atomic E-state index is 0.00467. The predicted molar refractivity (Wildman–Crippen MR) is 91.4 cm³/mol. The van der Waals surface area contributed by atoms with Crippen LogP contribution in [0.25, 0.3) is 0 Å². The van der Waals surface area contributed by atoms with Crippen molar-refractivity contribution < 1.29 is 0 Å². The second kappa shape index (κ2) is 5.59. The molecule has 5 nitrogen and oxygen atoms in total. The Kier molecular flexibility index (Phi) is 3.42. The van der Waals surface area contributed by atoms with Crippen LogP contribution in [0.4, 0.5) is 11.9 Å². The van der Waals surface area contributed by atoms with Crippen LogP contribution in [0.3, 0.4) is 0 Å². The highest BCUT2D eigenvalue weighted by molar-refractivity contribution is 6.31. The fraction of sp³-hybridized carbons (Fsp3) is 0.176. The summed E-state index contributed by atoms with van der Waals surface area (Å²) in [6.45, 7) is 0. The third kappa shape index (κ3) is 2.53. The first kappa shape index (κ1) is 14.1. The van der Waals surface area contributed by atoms with Gasteiger partial charge in [0.1, 0.15) is 0 Å². The van der Waals surface area contributed by atoms with Gasteiger partial charge in [0.05, 0.1) is 12.1 Å². The molecule has 4 rings (SSSR count). The number of fused-ring (bicyclic) bond motifs is 1. The van der Waals surface area contributed by atoms with Crippen LogP contribution >= 0.6 is 11.6 Å². The molecule has 116 valence electrons. The first-order chi connectivity index (χ1) is 11.2. The summed E-state index contributed by atoms with van der Waals surface area (Å²) in [5.41, 5.74) is 8.04. The summed E-state index contributed by atoms with van der Waals surface area (Å²) in [4.78, 5) is 4.31. The fourth-order valence-corrected chi connectivity index (χ4v) is 3.36. The Morgan fingerprint density at radius 1 is 1.09 bits per heavy atom. The molecule has 0 amide bonds. The van der Waals surface area contributed by atoms with Crippen LogP contribution in [0.15, 0.2) is 54.6 Å². The molecular formula is C17H16ClN5. The van der Waals surface area contributed by atoms with Gasteiger partial charge in [-0.25, -0.2) is 4.68 Å². The average molecular weight is 326 g/mol. The summed E-state index contributed by atoms with van der Waals surface area (Å²) in [6, 6.07) is 18.3. The lowest BCUT2D eigenvalue weighted by atomic mass is 9.93. The van der Waals surface area contributed by atoms with E-state index in [0.29, 0.717) is 5.95 Å². The third-order valence-corrected chi connectivity index (χ3v) is 4.52. The first-order valence-corrected chi connectivity index (χ1v) is 7.88. The van der Waals surface area contributed by atoms with Crippen molar-refractivity contribution in [2.45, 2.75) is 18.5 Å². The molecule has 0 saturated carbocycles. The molecule has 2 atom stereocenters. The van der Waals surface area contributed by atoms with Crippen LogP contribution in [0.5, 0.6) is 0 Å². The van der Waals surface area contributed by atoms with E-state index >= 15 is 0 Å². The molecule has 0 aliphatic carbocycles. The average Bonchev–Trinajstić information content (AvgIpc) is 2.95. The van der Waals surface area contributed by atoms with E-state index in [9.17, 15) is 0 Å². The Labute approximate surface area is 139 Å². The number of nitrogens with one attached hydrogen (secondary N) is 1. The molecule has 6 heteroatoms. The fourth-order valence-electron chi connectivity index (χ4n) is 3.10. The number of nitrogens with zero attached hydrogens (tertiary/aromatic N) is 3. The number of nitrogen functional groups attached to an aromatic ring is 1. The highest BCUT2D eigenvalue weighted by atomic mass is 35.5. The number of anilines is 2. The Morgan fingerprint density at radius 3 is 2.61 bits per heavy atom. The third-order valence-electron chi connectivity index (χ3n) is 4.17. The summed E-state index contributed by atoms with van der Waals surface area (Å²) in [5, 5.41) is 8.49. The first-order valence-electron chi connectivity index (χ1n) is 7.50. The van der Waals surface area contributed by atoms with Gasteiger partial charge in [-0.3, -0.25) is 0 Å². The SMILES string of the molecule is Nc1nc2n(n1)[C@@H](c1ccccc1Cl)C[C@@H](c1ccccc1)N2. The molecule has 1 aromatic heterocycles. The largest absolute Gasteiger partial charge is 0.366 e. The lowest BCUT2D eigenvalue weighted by molar-refractivity contribution is 0.431. The summed E-state index contributed by atoms with van der Waals surface area (Å²) < 4.78 is 1.83. The summed E-state index contributed by atoms with van der Waals surface area (Å²) >= 11 is 6.41. The summed E-state index contributed by atoms with van der Waals surface area (Å²) in [7, 11) is 0. The van der Waals surface area contributed by atoms with Gasteiger partial charge in [0, 0.05) is 5.02 Å². The van der Waals surface area contributed by atoms with Crippen LogP contribution in [-0.4, -0.2) is 14.8 Å². The second-order valence-electron chi connectivity index (χ2n) is 5.62. The van der Waals surface area contributed by atoms with E-state index in [2.05, 4.69) is 27.5 Å². The van der Waals surface area contributed by atoms with Gasteiger partial charge in [0.25, 0.3) is 0 Å². The zero-order valence-electron chi connectivity index (χ0n) is 12.4. The van der Waals surface area contributed by atoms with Crippen LogP contribution in [0.2, 0.25) is 5.02 Å². The summed E-state index contributed by atoms with van der Waals surface area (Å²) in [6.07, 6.45) is 0.823. The smallest absolute Gasteiger partial charge is 0.241 e. The summed E-state index contributed by atoms with van der Waals surface area (Å²) in [5.74, 6) is 0.936. The maximum atomic E-state index is 6.41. The number of hydrogen-bond acceptors (Lipinski definition) is 4. The van der Waals surface area contributed by atoms with Gasteiger partial charge >= 0.3 is 0 Å². The molecule has 1 aliphatic rings. The van der Waals surface area contributed by atoms with E-state index in [4.69, 9.17) is 17.3 Å².